The smallest absolute Gasteiger partial charge is 0.343 e. The van der Waals surface area contributed by atoms with Gasteiger partial charge in [0, 0.05) is 5.69 Å². The Morgan fingerprint density at radius 3 is 2.19 bits per heavy atom. The second-order valence-electron chi connectivity index (χ2n) is 7.25. The van der Waals surface area contributed by atoms with Crippen LogP contribution in [0.2, 0.25) is 0 Å². The van der Waals surface area contributed by atoms with E-state index in [2.05, 4.69) is 5.32 Å². The third-order valence-electron chi connectivity index (χ3n) is 4.82. The fourth-order valence-electron chi connectivity index (χ4n) is 2.82. The lowest BCUT2D eigenvalue weighted by Crippen LogP contribution is -2.13. The third kappa shape index (κ3) is 5.68. The van der Waals surface area contributed by atoms with Crippen LogP contribution < -0.4 is 10.1 Å². The summed E-state index contributed by atoms with van der Waals surface area (Å²) in [5.74, 6) is -0.560. The highest BCUT2D eigenvalue weighted by Gasteiger charge is 2.11. The number of ether oxygens (including phenoxy) is 1. The van der Waals surface area contributed by atoms with E-state index in [-0.39, 0.29) is 5.57 Å². The van der Waals surface area contributed by atoms with E-state index in [0.29, 0.717) is 22.6 Å². The van der Waals surface area contributed by atoms with Crippen LogP contribution in [0.15, 0.2) is 72.3 Å². The zero-order chi connectivity index (χ0) is 22.4. The minimum atomic E-state index is -0.486. The molecule has 0 bridgehead atoms. The Bertz CT molecular complexity index is 1180. The van der Waals surface area contributed by atoms with Gasteiger partial charge < -0.3 is 10.1 Å². The second kappa shape index (κ2) is 9.55. The molecule has 3 aromatic rings. The molecule has 154 valence electrons. The van der Waals surface area contributed by atoms with Crippen molar-refractivity contribution in [2.24, 2.45) is 0 Å². The van der Waals surface area contributed by atoms with Crippen LogP contribution in [0.3, 0.4) is 0 Å². The Morgan fingerprint density at radius 2 is 1.58 bits per heavy atom. The molecule has 31 heavy (non-hydrogen) atoms. The van der Waals surface area contributed by atoms with E-state index >= 15 is 0 Å². The van der Waals surface area contributed by atoms with E-state index < -0.39 is 11.9 Å². The summed E-state index contributed by atoms with van der Waals surface area (Å²) in [4.78, 5) is 24.7. The fraction of sp³-hybridized carbons (Fsp3) is 0.115. The predicted molar refractivity (Wildman–Crippen MR) is 121 cm³/mol. The predicted octanol–water partition coefficient (Wildman–Crippen LogP) is 5.38. The minimum Gasteiger partial charge on any atom is -0.423 e. The molecule has 5 heteroatoms. The topological polar surface area (TPSA) is 79.2 Å². The van der Waals surface area contributed by atoms with Crippen LogP contribution in [0.25, 0.3) is 6.08 Å². The molecule has 3 aromatic carbocycles. The summed E-state index contributed by atoms with van der Waals surface area (Å²) in [5.41, 5.74) is 4.94. The minimum absolute atomic E-state index is 0.0253. The lowest BCUT2D eigenvalue weighted by molar-refractivity contribution is -0.112. The van der Waals surface area contributed by atoms with Gasteiger partial charge in [-0.05, 0) is 79.9 Å². The summed E-state index contributed by atoms with van der Waals surface area (Å²) < 4.78 is 5.37. The number of carbonyl (C=O) groups is 2. The highest BCUT2D eigenvalue weighted by molar-refractivity contribution is 6.09. The van der Waals surface area contributed by atoms with Crippen molar-refractivity contribution in [3.63, 3.8) is 0 Å². The van der Waals surface area contributed by atoms with Gasteiger partial charge in [0.15, 0.2) is 0 Å². The number of aryl methyl sites for hydroxylation is 3. The summed E-state index contributed by atoms with van der Waals surface area (Å²) in [6, 6.07) is 21.2. The molecule has 0 heterocycles. The van der Waals surface area contributed by atoms with Crippen molar-refractivity contribution in [2.75, 3.05) is 5.32 Å². The zero-order valence-electron chi connectivity index (χ0n) is 17.6. The van der Waals surface area contributed by atoms with Crippen molar-refractivity contribution in [3.05, 3.63) is 100 Å². The SMILES string of the molecule is Cc1ccc(C(=O)Oc2ccc(/C=C(\C#N)C(=O)Nc3ccc(C)c(C)c3)cc2)cc1. The molecule has 0 aliphatic rings. The van der Waals surface area contributed by atoms with Gasteiger partial charge in [-0.3, -0.25) is 4.79 Å². The number of anilines is 1. The molecule has 0 radical (unpaired) electrons. The highest BCUT2D eigenvalue weighted by Crippen LogP contribution is 2.18. The van der Waals surface area contributed by atoms with E-state index in [4.69, 9.17) is 4.74 Å². The molecule has 0 aliphatic carbocycles. The van der Waals surface area contributed by atoms with Crippen LogP contribution in [-0.4, -0.2) is 11.9 Å². The van der Waals surface area contributed by atoms with Crippen LogP contribution in [0, 0.1) is 32.1 Å². The molecule has 3 rings (SSSR count). The van der Waals surface area contributed by atoms with Crippen molar-refractivity contribution >= 4 is 23.6 Å². The molecule has 0 aliphatic heterocycles. The Hall–Kier alpha value is -4.17. The lowest BCUT2D eigenvalue weighted by Gasteiger charge is -2.07. The molecule has 0 fully saturated rings. The molecular formula is C26H22N2O3. The van der Waals surface area contributed by atoms with Gasteiger partial charge >= 0.3 is 5.97 Å². The largest absolute Gasteiger partial charge is 0.423 e. The van der Waals surface area contributed by atoms with E-state index in [1.165, 1.54) is 6.08 Å². The molecular weight excluding hydrogens is 388 g/mol. The summed E-state index contributed by atoms with van der Waals surface area (Å²) in [7, 11) is 0. The molecule has 0 aromatic heterocycles. The van der Waals surface area contributed by atoms with Crippen LogP contribution in [-0.2, 0) is 4.79 Å². The van der Waals surface area contributed by atoms with Crippen LogP contribution in [0.1, 0.15) is 32.6 Å². The monoisotopic (exact) mass is 410 g/mol. The third-order valence-corrected chi connectivity index (χ3v) is 4.82. The van der Waals surface area contributed by atoms with Crippen molar-refractivity contribution in [3.8, 4) is 11.8 Å². The summed E-state index contributed by atoms with van der Waals surface area (Å²) in [5, 5.41) is 12.1. The molecule has 1 amide bonds. The lowest BCUT2D eigenvalue weighted by atomic mass is 10.1. The van der Waals surface area contributed by atoms with Gasteiger partial charge in [0.2, 0.25) is 0 Å². The summed E-state index contributed by atoms with van der Waals surface area (Å²) >= 11 is 0. The van der Waals surface area contributed by atoms with E-state index in [9.17, 15) is 14.9 Å². The average molecular weight is 410 g/mol. The Balaban J connectivity index is 1.69. The number of amides is 1. The molecule has 0 saturated carbocycles. The van der Waals surface area contributed by atoms with E-state index in [1.807, 2.05) is 51.1 Å². The summed E-state index contributed by atoms with van der Waals surface area (Å²) in [6.45, 7) is 5.89. The quantitative estimate of drug-likeness (QED) is 0.265. The van der Waals surface area contributed by atoms with Crippen molar-refractivity contribution in [1.29, 1.82) is 5.26 Å². The Labute approximate surface area is 181 Å². The van der Waals surface area contributed by atoms with Gasteiger partial charge in [0.1, 0.15) is 17.4 Å². The van der Waals surface area contributed by atoms with Crippen molar-refractivity contribution < 1.29 is 14.3 Å². The normalized spacial score (nSPS) is 10.8. The van der Waals surface area contributed by atoms with Crippen LogP contribution in [0.5, 0.6) is 5.75 Å². The molecule has 0 saturated heterocycles. The van der Waals surface area contributed by atoms with Gasteiger partial charge in [-0.1, -0.05) is 35.9 Å². The van der Waals surface area contributed by atoms with Gasteiger partial charge in [0.05, 0.1) is 5.56 Å². The first kappa shape index (κ1) is 21.5. The number of carbonyl (C=O) groups excluding carboxylic acids is 2. The number of hydrogen-bond acceptors (Lipinski definition) is 4. The van der Waals surface area contributed by atoms with Gasteiger partial charge in [-0.2, -0.15) is 5.26 Å². The van der Waals surface area contributed by atoms with Crippen molar-refractivity contribution in [2.45, 2.75) is 20.8 Å². The van der Waals surface area contributed by atoms with E-state index in [0.717, 1.165) is 16.7 Å². The molecule has 0 atom stereocenters. The molecule has 0 unspecified atom stereocenters. The standard InChI is InChI=1S/C26H22N2O3/c1-17-4-9-21(10-5-17)26(30)31-24-12-7-20(8-13-24)15-22(16-27)25(29)28-23-11-6-18(2)19(3)14-23/h4-15H,1-3H3,(H,28,29)/b22-15+. The second-order valence-corrected chi connectivity index (χ2v) is 7.25. The number of nitrogens with one attached hydrogen (secondary N) is 1. The maximum absolute atomic E-state index is 12.5. The number of hydrogen-bond donors (Lipinski definition) is 1. The number of benzene rings is 3. The maximum atomic E-state index is 12.5. The average Bonchev–Trinajstić information content (AvgIpc) is 2.76. The molecule has 1 N–H and O–H groups in total. The first-order valence-corrected chi connectivity index (χ1v) is 9.75. The van der Waals surface area contributed by atoms with Crippen LogP contribution in [0.4, 0.5) is 5.69 Å². The van der Waals surface area contributed by atoms with Gasteiger partial charge in [0.25, 0.3) is 5.91 Å². The fourth-order valence-corrected chi connectivity index (χ4v) is 2.82. The Kier molecular flexibility index (Phi) is 6.64. The molecule has 5 nitrogen and oxygen atoms in total. The first-order valence-electron chi connectivity index (χ1n) is 9.75. The van der Waals surface area contributed by atoms with Crippen LogP contribution >= 0.6 is 0 Å². The van der Waals surface area contributed by atoms with Gasteiger partial charge in [-0.25, -0.2) is 4.79 Å². The number of rotatable bonds is 5. The first-order chi connectivity index (χ1) is 14.9. The van der Waals surface area contributed by atoms with Crippen molar-refractivity contribution in [1.82, 2.24) is 0 Å². The van der Waals surface area contributed by atoms with Gasteiger partial charge in [-0.15, -0.1) is 0 Å². The number of nitriles is 1. The van der Waals surface area contributed by atoms with E-state index in [1.54, 1.807) is 42.5 Å². The number of nitrogens with zero attached hydrogens (tertiary/aromatic N) is 1. The molecule has 0 spiro atoms. The maximum Gasteiger partial charge on any atom is 0.343 e. The number of esters is 1. The Morgan fingerprint density at radius 1 is 0.903 bits per heavy atom. The zero-order valence-corrected chi connectivity index (χ0v) is 17.6. The summed E-state index contributed by atoms with van der Waals surface area (Å²) in [6.07, 6.45) is 1.49. The highest BCUT2D eigenvalue weighted by atomic mass is 16.5.